The molecule has 0 saturated carbocycles. The van der Waals surface area contributed by atoms with Gasteiger partial charge in [-0.25, -0.2) is 0 Å². The van der Waals surface area contributed by atoms with E-state index in [9.17, 15) is 5.11 Å². The molecule has 3 rings (SSSR count). The maximum atomic E-state index is 9.85. The summed E-state index contributed by atoms with van der Waals surface area (Å²) in [7, 11) is 1.56. The zero-order valence-corrected chi connectivity index (χ0v) is 15.2. The molecule has 0 fully saturated rings. The van der Waals surface area contributed by atoms with Gasteiger partial charge in [-0.1, -0.05) is 24.3 Å². The summed E-state index contributed by atoms with van der Waals surface area (Å²) in [5, 5.41) is 13.4. The van der Waals surface area contributed by atoms with Gasteiger partial charge in [0.15, 0.2) is 11.5 Å². The zero-order valence-electron chi connectivity index (χ0n) is 14.3. The molecule has 0 spiro atoms. The number of benzene rings is 2. The first-order valence-electron chi connectivity index (χ1n) is 8.38. The molecule has 0 aromatic heterocycles. The lowest BCUT2D eigenvalue weighted by Crippen LogP contribution is -2.18. The van der Waals surface area contributed by atoms with E-state index in [-0.39, 0.29) is 24.2 Å². The lowest BCUT2D eigenvalue weighted by atomic mass is 9.89. The number of ether oxygens (including phenoxy) is 1. The Balaban J connectivity index is 0.00000208. The molecule has 1 aliphatic carbocycles. The Morgan fingerprint density at radius 1 is 1.08 bits per heavy atom. The number of hydrogen-bond donors (Lipinski definition) is 2. The minimum absolute atomic E-state index is 0. The highest BCUT2D eigenvalue weighted by Crippen LogP contribution is 2.27. The first-order valence-corrected chi connectivity index (χ1v) is 8.38. The van der Waals surface area contributed by atoms with Crippen molar-refractivity contribution >= 4 is 12.4 Å². The van der Waals surface area contributed by atoms with E-state index in [1.807, 2.05) is 6.07 Å². The molecule has 3 nitrogen and oxygen atoms in total. The molecule has 2 aromatic rings. The summed E-state index contributed by atoms with van der Waals surface area (Å²) in [6.45, 7) is 2.91. The standard InChI is InChI=1S/C20H25NO2.ClH/c1-14(17-9-8-16-5-3-4-6-18(16)12-17)21-13-15-7-10-20(23-2)19(22)11-15;/h7-12,14,21-22H,3-6,13H2,1-2H3;1H. The average molecular weight is 348 g/mol. The zero-order chi connectivity index (χ0) is 16.2. The molecular formula is C20H26ClNO2. The number of hydrogen-bond acceptors (Lipinski definition) is 3. The summed E-state index contributed by atoms with van der Waals surface area (Å²) in [4.78, 5) is 0. The summed E-state index contributed by atoms with van der Waals surface area (Å²) in [5.74, 6) is 0.699. The molecule has 4 heteroatoms. The topological polar surface area (TPSA) is 41.5 Å². The Labute approximate surface area is 150 Å². The quantitative estimate of drug-likeness (QED) is 0.833. The molecule has 1 unspecified atom stereocenters. The van der Waals surface area contributed by atoms with Crippen molar-refractivity contribution in [1.82, 2.24) is 5.32 Å². The van der Waals surface area contributed by atoms with Crippen molar-refractivity contribution in [3.8, 4) is 11.5 Å². The van der Waals surface area contributed by atoms with Gasteiger partial charge in [0.1, 0.15) is 0 Å². The predicted octanol–water partition coefficient (Wildman–Crippen LogP) is 4.55. The Morgan fingerprint density at radius 3 is 2.54 bits per heavy atom. The molecule has 0 heterocycles. The van der Waals surface area contributed by atoms with Gasteiger partial charge < -0.3 is 15.2 Å². The summed E-state index contributed by atoms with van der Waals surface area (Å²) in [6.07, 6.45) is 5.06. The summed E-state index contributed by atoms with van der Waals surface area (Å²) in [6, 6.07) is 12.7. The highest BCUT2D eigenvalue weighted by molar-refractivity contribution is 5.85. The molecular weight excluding hydrogens is 322 g/mol. The third-order valence-corrected chi connectivity index (χ3v) is 4.73. The second-order valence-electron chi connectivity index (χ2n) is 6.34. The maximum absolute atomic E-state index is 9.85. The van der Waals surface area contributed by atoms with Crippen LogP contribution in [-0.2, 0) is 19.4 Å². The number of fused-ring (bicyclic) bond motifs is 1. The van der Waals surface area contributed by atoms with Crippen LogP contribution in [0.25, 0.3) is 0 Å². The molecule has 1 atom stereocenters. The fourth-order valence-electron chi connectivity index (χ4n) is 3.26. The Morgan fingerprint density at radius 2 is 1.83 bits per heavy atom. The number of nitrogens with one attached hydrogen (secondary N) is 1. The Kier molecular flexibility index (Phi) is 6.52. The van der Waals surface area contributed by atoms with Crippen molar-refractivity contribution in [1.29, 1.82) is 0 Å². The van der Waals surface area contributed by atoms with E-state index in [1.54, 1.807) is 19.2 Å². The lowest BCUT2D eigenvalue weighted by molar-refractivity contribution is 0.373. The van der Waals surface area contributed by atoms with Crippen LogP contribution in [0.5, 0.6) is 11.5 Å². The monoisotopic (exact) mass is 347 g/mol. The van der Waals surface area contributed by atoms with Crippen molar-refractivity contribution in [3.05, 3.63) is 58.7 Å². The van der Waals surface area contributed by atoms with Crippen molar-refractivity contribution < 1.29 is 9.84 Å². The van der Waals surface area contributed by atoms with E-state index in [2.05, 4.69) is 30.4 Å². The first-order chi connectivity index (χ1) is 11.2. The first kappa shape index (κ1) is 18.6. The second kappa shape index (κ2) is 8.41. The number of phenolic OH excluding ortho intramolecular Hbond substituents is 1. The third kappa shape index (κ3) is 4.22. The van der Waals surface area contributed by atoms with Crippen LogP contribution in [0.1, 0.15) is 48.1 Å². The van der Waals surface area contributed by atoms with E-state index >= 15 is 0 Å². The summed E-state index contributed by atoms with van der Waals surface area (Å²) in [5.41, 5.74) is 5.42. The predicted molar refractivity (Wildman–Crippen MR) is 100 cm³/mol. The van der Waals surface area contributed by atoms with Gasteiger partial charge in [0.2, 0.25) is 0 Å². The van der Waals surface area contributed by atoms with Crippen molar-refractivity contribution in [2.24, 2.45) is 0 Å². The van der Waals surface area contributed by atoms with E-state index in [4.69, 9.17) is 4.74 Å². The number of methoxy groups -OCH3 is 1. The molecule has 0 aliphatic heterocycles. The number of rotatable bonds is 5. The average Bonchev–Trinajstić information content (AvgIpc) is 2.59. The summed E-state index contributed by atoms with van der Waals surface area (Å²) >= 11 is 0. The van der Waals surface area contributed by atoms with Gasteiger partial charge in [-0.2, -0.15) is 0 Å². The van der Waals surface area contributed by atoms with Gasteiger partial charge >= 0.3 is 0 Å². The van der Waals surface area contributed by atoms with Crippen LogP contribution >= 0.6 is 12.4 Å². The number of phenols is 1. The highest BCUT2D eigenvalue weighted by atomic mass is 35.5. The second-order valence-corrected chi connectivity index (χ2v) is 6.34. The fourth-order valence-corrected chi connectivity index (χ4v) is 3.26. The van der Waals surface area contributed by atoms with E-state index < -0.39 is 0 Å². The molecule has 130 valence electrons. The smallest absolute Gasteiger partial charge is 0.160 e. The molecule has 0 bridgehead atoms. The van der Waals surface area contributed by atoms with Crippen LogP contribution in [0, 0.1) is 0 Å². The number of aryl methyl sites for hydroxylation is 2. The van der Waals surface area contributed by atoms with E-state index in [0.29, 0.717) is 5.75 Å². The number of halogens is 1. The lowest BCUT2D eigenvalue weighted by Gasteiger charge is -2.20. The van der Waals surface area contributed by atoms with Crippen molar-refractivity contribution in [2.45, 2.75) is 45.2 Å². The van der Waals surface area contributed by atoms with Crippen LogP contribution in [0.2, 0.25) is 0 Å². The Bertz CT molecular complexity index is 687. The molecule has 2 aromatic carbocycles. The van der Waals surface area contributed by atoms with Gasteiger partial charge in [0.25, 0.3) is 0 Å². The van der Waals surface area contributed by atoms with Crippen LogP contribution in [0.3, 0.4) is 0 Å². The SMILES string of the molecule is COc1ccc(CNC(C)c2ccc3c(c2)CCCC3)cc1O.Cl. The Hall–Kier alpha value is -1.71. The highest BCUT2D eigenvalue weighted by Gasteiger charge is 2.12. The molecule has 0 radical (unpaired) electrons. The largest absolute Gasteiger partial charge is 0.504 e. The van der Waals surface area contributed by atoms with Crippen molar-refractivity contribution in [2.75, 3.05) is 7.11 Å². The van der Waals surface area contributed by atoms with E-state index in [0.717, 1.165) is 12.1 Å². The van der Waals surface area contributed by atoms with Gasteiger partial charge in [-0.3, -0.25) is 0 Å². The van der Waals surface area contributed by atoms with Gasteiger partial charge in [0.05, 0.1) is 7.11 Å². The van der Waals surface area contributed by atoms with Crippen LogP contribution in [0.4, 0.5) is 0 Å². The minimum Gasteiger partial charge on any atom is -0.504 e. The maximum Gasteiger partial charge on any atom is 0.160 e. The van der Waals surface area contributed by atoms with Crippen LogP contribution in [0.15, 0.2) is 36.4 Å². The van der Waals surface area contributed by atoms with Crippen LogP contribution in [-0.4, -0.2) is 12.2 Å². The van der Waals surface area contributed by atoms with Crippen molar-refractivity contribution in [3.63, 3.8) is 0 Å². The molecule has 1 aliphatic rings. The minimum atomic E-state index is 0. The van der Waals surface area contributed by atoms with Gasteiger partial charge in [-0.15, -0.1) is 12.4 Å². The molecule has 0 saturated heterocycles. The van der Waals surface area contributed by atoms with Gasteiger partial charge in [0, 0.05) is 12.6 Å². The van der Waals surface area contributed by atoms with E-state index in [1.165, 1.54) is 42.4 Å². The third-order valence-electron chi connectivity index (χ3n) is 4.73. The fraction of sp³-hybridized carbons (Fsp3) is 0.400. The van der Waals surface area contributed by atoms with Gasteiger partial charge in [-0.05, 0) is 67.0 Å². The van der Waals surface area contributed by atoms with Crippen LogP contribution < -0.4 is 10.1 Å². The number of aromatic hydroxyl groups is 1. The molecule has 24 heavy (non-hydrogen) atoms. The normalized spacial score (nSPS) is 14.4. The molecule has 0 amide bonds. The summed E-state index contributed by atoms with van der Waals surface area (Å²) < 4.78 is 5.08. The molecule has 2 N–H and O–H groups in total.